The highest BCUT2D eigenvalue weighted by Crippen LogP contribution is 2.35. The van der Waals surface area contributed by atoms with Gasteiger partial charge < -0.3 is 11.1 Å². The lowest BCUT2D eigenvalue weighted by Crippen LogP contribution is -2.38. The zero-order chi connectivity index (χ0) is 15.7. The van der Waals surface area contributed by atoms with Gasteiger partial charge in [0.2, 0.25) is 5.91 Å². The molecular formula is C16H21F2N3O. The SMILES string of the molecule is NC1CCCC2CN(CC(=O)Nc3cc(F)ccc3F)CC12. The van der Waals surface area contributed by atoms with Gasteiger partial charge in [0.1, 0.15) is 11.6 Å². The van der Waals surface area contributed by atoms with Gasteiger partial charge in [-0.2, -0.15) is 0 Å². The fourth-order valence-electron chi connectivity index (χ4n) is 3.72. The molecule has 1 aliphatic heterocycles. The molecule has 2 aliphatic rings. The number of likely N-dealkylation sites (tertiary alicyclic amines) is 1. The molecule has 3 unspecified atom stereocenters. The Bertz CT molecular complexity index is 566. The number of hydrogen-bond donors (Lipinski definition) is 2. The summed E-state index contributed by atoms with van der Waals surface area (Å²) in [6, 6.07) is 3.24. The maximum absolute atomic E-state index is 13.5. The van der Waals surface area contributed by atoms with Crippen LogP contribution in [0, 0.1) is 23.5 Å². The van der Waals surface area contributed by atoms with Gasteiger partial charge in [0, 0.05) is 25.2 Å². The number of halogens is 2. The predicted octanol–water partition coefficient (Wildman–Crippen LogP) is 1.96. The molecule has 4 nitrogen and oxygen atoms in total. The van der Waals surface area contributed by atoms with Crippen LogP contribution in [0.15, 0.2) is 18.2 Å². The van der Waals surface area contributed by atoms with E-state index in [9.17, 15) is 13.6 Å². The van der Waals surface area contributed by atoms with Gasteiger partial charge in [-0.1, -0.05) is 6.42 Å². The van der Waals surface area contributed by atoms with Crippen molar-refractivity contribution in [2.24, 2.45) is 17.6 Å². The van der Waals surface area contributed by atoms with E-state index in [0.29, 0.717) is 11.8 Å². The van der Waals surface area contributed by atoms with E-state index in [0.717, 1.165) is 50.6 Å². The third-order valence-electron chi connectivity index (χ3n) is 4.80. The Labute approximate surface area is 128 Å². The van der Waals surface area contributed by atoms with Crippen molar-refractivity contribution in [1.29, 1.82) is 0 Å². The summed E-state index contributed by atoms with van der Waals surface area (Å²) in [6.07, 6.45) is 3.36. The van der Waals surface area contributed by atoms with Crippen molar-refractivity contribution in [2.75, 3.05) is 25.0 Å². The number of carbonyl (C=O) groups excluding carboxylic acids is 1. The second-order valence-electron chi connectivity index (χ2n) is 6.39. The van der Waals surface area contributed by atoms with Crippen molar-refractivity contribution in [3.63, 3.8) is 0 Å². The number of fused-ring (bicyclic) bond motifs is 1. The standard InChI is InChI=1S/C16H21F2N3O/c17-11-4-5-13(18)15(6-11)20-16(22)9-21-7-10-2-1-3-14(19)12(10)8-21/h4-6,10,12,14H,1-3,7-9,19H2,(H,20,22). The van der Waals surface area contributed by atoms with E-state index >= 15 is 0 Å². The second-order valence-corrected chi connectivity index (χ2v) is 6.39. The number of amides is 1. The van der Waals surface area contributed by atoms with Gasteiger partial charge in [-0.15, -0.1) is 0 Å². The number of rotatable bonds is 3. The van der Waals surface area contributed by atoms with Gasteiger partial charge in [-0.25, -0.2) is 8.78 Å². The zero-order valence-electron chi connectivity index (χ0n) is 12.4. The van der Waals surface area contributed by atoms with E-state index in [-0.39, 0.29) is 24.2 Å². The molecule has 3 rings (SSSR count). The molecule has 120 valence electrons. The van der Waals surface area contributed by atoms with Crippen LogP contribution < -0.4 is 11.1 Å². The Kier molecular flexibility index (Phi) is 4.40. The maximum atomic E-state index is 13.5. The lowest BCUT2D eigenvalue weighted by molar-refractivity contribution is -0.117. The fraction of sp³-hybridized carbons (Fsp3) is 0.562. The highest BCUT2D eigenvalue weighted by Gasteiger charge is 2.38. The maximum Gasteiger partial charge on any atom is 0.238 e. The minimum atomic E-state index is -0.633. The fourth-order valence-corrected chi connectivity index (χ4v) is 3.72. The molecule has 1 aliphatic carbocycles. The second kappa shape index (κ2) is 6.30. The normalized spacial score (nSPS) is 28.4. The van der Waals surface area contributed by atoms with E-state index in [2.05, 4.69) is 10.2 Å². The van der Waals surface area contributed by atoms with Crippen LogP contribution in [0.1, 0.15) is 19.3 Å². The third-order valence-corrected chi connectivity index (χ3v) is 4.80. The number of nitrogens with two attached hydrogens (primary N) is 1. The highest BCUT2D eigenvalue weighted by atomic mass is 19.1. The average molecular weight is 309 g/mol. The number of benzene rings is 1. The summed E-state index contributed by atoms with van der Waals surface area (Å²) >= 11 is 0. The Morgan fingerprint density at radius 3 is 2.91 bits per heavy atom. The summed E-state index contributed by atoms with van der Waals surface area (Å²) in [5.41, 5.74) is 6.04. The molecule has 1 aromatic carbocycles. The molecule has 1 saturated carbocycles. The monoisotopic (exact) mass is 309 g/mol. The average Bonchev–Trinajstić information content (AvgIpc) is 2.86. The quantitative estimate of drug-likeness (QED) is 0.897. The number of nitrogens with one attached hydrogen (secondary N) is 1. The molecule has 0 aromatic heterocycles. The molecule has 0 bridgehead atoms. The van der Waals surface area contributed by atoms with Gasteiger partial charge in [-0.05, 0) is 36.8 Å². The first-order valence-electron chi connectivity index (χ1n) is 7.76. The smallest absolute Gasteiger partial charge is 0.238 e. The highest BCUT2D eigenvalue weighted by molar-refractivity contribution is 5.92. The van der Waals surface area contributed by atoms with Gasteiger partial charge in [-0.3, -0.25) is 9.69 Å². The number of anilines is 1. The Morgan fingerprint density at radius 2 is 2.14 bits per heavy atom. The van der Waals surface area contributed by atoms with Crippen LogP contribution in [-0.4, -0.2) is 36.5 Å². The van der Waals surface area contributed by atoms with Gasteiger partial charge in [0.05, 0.1) is 12.2 Å². The van der Waals surface area contributed by atoms with Crippen molar-refractivity contribution in [3.05, 3.63) is 29.8 Å². The largest absolute Gasteiger partial charge is 0.327 e. The molecule has 1 amide bonds. The molecule has 6 heteroatoms. The van der Waals surface area contributed by atoms with Gasteiger partial charge in [0.25, 0.3) is 0 Å². The first kappa shape index (κ1) is 15.4. The van der Waals surface area contributed by atoms with Crippen LogP contribution >= 0.6 is 0 Å². The molecule has 3 atom stereocenters. The summed E-state index contributed by atoms with van der Waals surface area (Å²) in [5, 5.41) is 2.44. The van der Waals surface area contributed by atoms with Crippen LogP contribution in [0.2, 0.25) is 0 Å². The molecule has 1 saturated heterocycles. The molecule has 1 heterocycles. The van der Waals surface area contributed by atoms with E-state index < -0.39 is 11.6 Å². The van der Waals surface area contributed by atoms with Crippen LogP contribution in [0.3, 0.4) is 0 Å². The van der Waals surface area contributed by atoms with Crippen molar-refractivity contribution < 1.29 is 13.6 Å². The van der Waals surface area contributed by atoms with E-state index in [1.807, 2.05) is 0 Å². The molecule has 1 aromatic rings. The topological polar surface area (TPSA) is 58.4 Å². The summed E-state index contributed by atoms with van der Waals surface area (Å²) in [7, 11) is 0. The van der Waals surface area contributed by atoms with Gasteiger partial charge >= 0.3 is 0 Å². The summed E-state index contributed by atoms with van der Waals surface area (Å²) < 4.78 is 26.6. The lowest BCUT2D eigenvalue weighted by atomic mass is 9.78. The molecular weight excluding hydrogens is 288 g/mol. The zero-order valence-corrected chi connectivity index (χ0v) is 12.4. The number of hydrogen-bond acceptors (Lipinski definition) is 3. The summed E-state index contributed by atoms with van der Waals surface area (Å²) in [5.74, 6) is -0.520. The van der Waals surface area contributed by atoms with E-state index in [4.69, 9.17) is 5.73 Å². The minimum Gasteiger partial charge on any atom is -0.327 e. The van der Waals surface area contributed by atoms with Crippen LogP contribution in [0.5, 0.6) is 0 Å². The van der Waals surface area contributed by atoms with Crippen LogP contribution in [0.4, 0.5) is 14.5 Å². The molecule has 2 fully saturated rings. The van der Waals surface area contributed by atoms with Crippen molar-refractivity contribution >= 4 is 11.6 Å². The van der Waals surface area contributed by atoms with Crippen molar-refractivity contribution in [3.8, 4) is 0 Å². The Balaban J connectivity index is 1.57. The Morgan fingerprint density at radius 1 is 1.32 bits per heavy atom. The molecule has 0 spiro atoms. The van der Waals surface area contributed by atoms with E-state index in [1.165, 1.54) is 0 Å². The molecule has 0 radical (unpaired) electrons. The summed E-state index contributed by atoms with van der Waals surface area (Å²) in [4.78, 5) is 14.1. The van der Waals surface area contributed by atoms with Crippen LogP contribution in [-0.2, 0) is 4.79 Å². The Hall–Kier alpha value is -1.53. The minimum absolute atomic E-state index is 0.113. The molecule has 3 N–H and O–H groups in total. The molecule has 22 heavy (non-hydrogen) atoms. The van der Waals surface area contributed by atoms with Gasteiger partial charge in [0.15, 0.2) is 0 Å². The van der Waals surface area contributed by atoms with E-state index in [1.54, 1.807) is 0 Å². The van der Waals surface area contributed by atoms with Crippen molar-refractivity contribution in [1.82, 2.24) is 4.90 Å². The first-order valence-corrected chi connectivity index (χ1v) is 7.76. The lowest BCUT2D eigenvalue weighted by Gasteiger charge is -2.29. The summed E-state index contributed by atoms with van der Waals surface area (Å²) in [6.45, 7) is 1.86. The van der Waals surface area contributed by atoms with Crippen LogP contribution in [0.25, 0.3) is 0 Å². The predicted molar refractivity (Wildman–Crippen MR) is 80.2 cm³/mol. The number of nitrogens with zero attached hydrogens (tertiary/aromatic N) is 1. The number of carbonyl (C=O) groups is 1. The third kappa shape index (κ3) is 3.28. The first-order chi connectivity index (χ1) is 10.5. The van der Waals surface area contributed by atoms with Crippen molar-refractivity contribution in [2.45, 2.75) is 25.3 Å².